The van der Waals surface area contributed by atoms with Gasteiger partial charge in [0, 0.05) is 6.42 Å². The predicted octanol–water partition coefficient (Wildman–Crippen LogP) is 2.57. The molecule has 0 aromatic heterocycles. The summed E-state index contributed by atoms with van der Waals surface area (Å²) >= 11 is 1.86. The molecule has 4 heteroatoms. The third-order valence-corrected chi connectivity index (χ3v) is 2.09. The highest BCUT2D eigenvalue weighted by molar-refractivity contribution is 14.1. The topological polar surface area (TPSA) is 46.5 Å². The van der Waals surface area contributed by atoms with E-state index < -0.39 is 9.76 Å². The second-order valence-electron chi connectivity index (χ2n) is 1.85. The lowest BCUT2D eigenvalue weighted by Crippen LogP contribution is -2.23. The van der Waals surface area contributed by atoms with Crippen LogP contribution in [0.5, 0.6) is 0 Å². The fraction of sp³-hybridized carbons (Fsp3) is 0.286. The summed E-state index contributed by atoms with van der Waals surface area (Å²) in [5, 5.41) is 8.30. The second kappa shape index (κ2) is 4.38. The zero-order valence-electron chi connectivity index (χ0n) is 5.92. The summed E-state index contributed by atoms with van der Waals surface area (Å²) in [4.78, 5) is 10.1. The molecule has 0 saturated heterocycles. The highest BCUT2D eigenvalue weighted by atomic mass is 127. The fourth-order valence-electron chi connectivity index (χ4n) is 0.509. The lowest BCUT2D eigenvalue weighted by molar-refractivity contribution is 0.0637. The molecule has 0 aliphatic rings. The third-order valence-electron chi connectivity index (χ3n) is 0.984. The maximum Gasteiger partial charge on any atom is 0.507 e. The number of carbonyl (C=O) groups is 1. The van der Waals surface area contributed by atoms with Gasteiger partial charge in [-0.3, -0.25) is 0 Å². The van der Waals surface area contributed by atoms with Crippen LogP contribution >= 0.6 is 22.6 Å². The van der Waals surface area contributed by atoms with E-state index in [1.807, 2.05) is 22.6 Å². The summed E-state index contributed by atoms with van der Waals surface area (Å²) in [6.07, 6.45) is 2.13. The Hall–Kier alpha value is -0.520. The Morgan fingerprint density at radius 2 is 2.27 bits per heavy atom. The van der Waals surface area contributed by atoms with Crippen LogP contribution < -0.4 is 0 Å². The number of ether oxygens (including phenoxy) is 1. The number of carboxylic acid groups (broad SMARTS) is 1. The molecule has 0 aliphatic heterocycles. The van der Waals surface area contributed by atoms with Gasteiger partial charge in [-0.05, 0) is 28.7 Å². The molecule has 0 radical (unpaired) electrons. The van der Waals surface area contributed by atoms with Crippen LogP contribution in [0.3, 0.4) is 0 Å². The van der Waals surface area contributed by atoms with Crippen LogP contribution in [0.2, 0.25) is 0 Å². The molecule has 0 spiro atoms. The van der Waals surface area contributed by atoms with Crippen LogP contribution in [-0.2, 0) is 4.74 Å². The molecular formula is C7H9IO3. The smallest absolute Gasteiger partial charge is 0.450 e. The Balaban J connectivity index is 4.19. The highest BCUT2D eigenvalue weighted by Crippen LogP contribution is 2.26. The van der Waals surface area contributed by atoms with Crippen LogP contribution in [0.15, 0.2) is 25.3 Å². The first-order valence-electron chi connectivity index (χ1n) is 2.89. The van der Waals surface area contributed by atoms with E-state index in [9.17, 15) is 4.79 Å². The van der Waals surface area contributed by atoms with Crippen molar-refractivity contribution < 1.29 is 14.6 Å². The Bertz CT molecular complexity index is 179. The average Bonchev–Trinajstić information content (AvgIpc) is 1.87. The Morgan fingerprint density at radius 3 is 2.55 bits per heavy atom. The summed E-state index contributed by atoms with van der Waals surface area (Å²) < 4.78 is 3.67. The van der Waals surface area contributed by atoms with Gasteiger partial charge in [0.25, 0.3) is 0 Å². The van der Waals surface area contributed by atoms with Gasteiger partial charge in [-0.25, -0.2) is 4.79 Å². The molecule has 11 heavy (non-hydrogen) atoms. The molecule has 0 amide bonds. The second-order valence-corrected chi connectivity index (χ2v) is 3.68. The monoisotopic (exact) mass is 268 g/mol. The van der Waals surface area contributed by atoms with Crippen LogP contribution in [0.25, 0.3) is 0 Å². The van der Waals surface area contributed by atoms with Gasteiger partial charge in [-0.15, -0.1) is 6.58 Å². The SMILES string of the molecule is C=CCC(I)(C=C)OC(=O)O. The first-order valence-corrected chi connectivity index (χ1v) is 3.97. The first-order chi connectivity index (χ1) is 5.04. The van der Waals surface area contributed by atoms with Crippen molar-refractivity contribution in [3.63, 3.8) is 0 Å². The molecule has 1 unspecified atom stereocenters. The lowest BCUT2D eigenvalue weighted by Gasteiger charge is -2.19. The number of halogens is 1. The quantitative estimate of drug-likeness (QED) is 0.369. The van der Waals surface area contributed by atoms with Crippen molar-refractivity contribution in [1.29, 1.82) is 0 Å². The molecule has 0 fully saturated rings. The van der Waals surface area contributed by atoms with E-state index in [2.05, 4.69) is 17.9 Å². The fourth-order valence-corrected chi connectivity index (χ4v) is 1.01. The zero-order valence-corrected chi connectivity index (χ0v) is 8.08. The van der Waals surface area contributed by atoms with Crippen LogP contribution in [0, 0.1) is 0 Å². The van der Waals surface area contributed by atoms with Crippen molar-refractivity contribution in [3.8, 4) is 0 Å². The zero-order chi connectivity index (χ0) is 8.91. The average molecular weight is 268 g/mol. The van der Waals surface area contributed by atoms with E-state index in [0.29, 0.717) is 6.42 Å². The molecule has 0 aromatic rings. The summed E-state index contributed by atoms with van der Waals surface area (Å²) in [7, 11) is 0. The van der Waals surface area contributed by atoms with Gasteiger partial charge >= 0.3 is 6.16 Å². The summed E-state index contributed by atoms with van der Waals surface area (Å²) in [5.74, 6) is 0. The standard InChI is InChI=1S/C7H9IO3/c1-3-5-7(8,4-2)11-6(9)10/h3-4H,1-2,5H2,(H,9,10). The third kappa shape index (κ3) is 4.02. The Labute approximate surface area is 78.9 Å². The summed E-state index contributed by atoms with van der Waals surface area (Å²) in [5.41, 5.74) is 0. The van der Waals surface area contributed by atoms with Crippen LogP contribution in [0.4, 0.5) is 4.79 Å². The number of alkyl halides is 1. The van der Waals surface area contributed by atoms with E-state index in [1.165, 1.54) is 6.08 Å². The van der Waals surface area contributed by atoms with Crippen molar-refractivity contribution in [2.24, 2.45) is 0 Å². The predicted molar refractivity (Wildman–Crippen MR) is 50.9 cm³/mol. The van der Waals surface area contributed by atoms with E-state index in [1.54, 1.807) is 6.08 Å². The normalized spacial score (nSPS) is 14.6. The molecular weight excluding hydrogens is 259 g/mol. The van der Waals surface area contributed by atoms with Crippen LogP contribution in [-0.4, -0.2) is 14.9 Å². The molecule has 0 bridgehead atoms. The molecule has 0 rings (SSSR count). The molecule has 0 saturated carbocycles. The minimum absolute atomic E-state index is 0.420. The van der Waals surface area contributed by atoms with Gasteiger partial charge in [0.05, 0.1) is 0 Å². The highest BCUT2D eigenvalue weighted by Gasteiger charge is 2.25. The minimum Gasteiger partial charge on any atom is -0.450 e. The van der Waals surface area contributed by atoms with Gasteiger partial charge in [0.15, 0.2) is 3.61 Å². The maximum atomic E-state index is 10.1. The molecule has 1 N–H and O–H groups in total. The van der Waals surface area contributed by atoms with Crippen molar-refractivity contribution in [2.75, 3.05) is 0 Å². The Morgan fingerprint density at radius 1 is 1.73 bits per heavy atom. The maximum absolute atomic E-state index is 10.1. The molecule has 1 atom stereocenters. The van der Waals surface area contributed by atoms with Gasteiger partial charge in [0.2, 0.25) is 0 Å². The van der Waals surface area contributed by atoms with Gasteiger partial charge < -0.3 is 9.84 Å². The van der Waals surface area contributed by atoms with Crippen molar-refractivity contribution in [3.05, 3.63) is 25.3 Å². The number of hydrogen-bond acceptors (Lipinski definition) is 2. The van der Waals surface area contributed by atoms with Crippen LogP contribution in [0.1, 0.15) is 6.42 Å². The Kier molecular flexibility index (Phi) is 4.17. The van der Waals surface area contributed by atoms with E-state index in [0.717, 1.165) is 0 Å². The lowest BCUT2D eigenvalue weighted by atomic mass is 10.2. The summed E-state index contributed by atoms with van der Waals surface area (Å²) in [6, 6.07) is 0. The van der Waals surface area contributed by atoms with E-state index >= 15 is 0 Å². The van der Waals surface area contributed by atoms with E-state index in [4.69, 9.17) is 5.11 Å². The van der Waals surface area contributed by atoms with Gasteiger partial charge in [-0.2, -0.15) is 0 Å². The molecule has 0 heterocycles. The molecule has 62 valence electrons. The van der Waals surface area contributed by atoms with Crippen molar-refractivity contribution >= 4 is 28.7 Å². The first kappa shape index (κ1) is 10.5. The molecule has 0 aromatic carbocycles. The molecule has 0 aliphatic carbocycles. The summed E-state index contributed by atoms with van der Waals surface area (Å²) in [6.45, 7) is 6.94. The molecule has 3 nitrogen and oxygen atoms in total. The largest absolute Gasteiger partial charge is 0.507 e. The van der Waals surface area contributed by atoms with Crippen molar-refractivity contribution in [1.82, 2.24) is 0 Å². The van der Waals surface area contributed by atoms with Gasteiger partial charge in [-0.1, -0.05) is 12.7 Å². The minimum atomic E-state index is -1.30. The van der Waals surface area contributed by atoms with Gasteiger partial charge in [0.1, 0.15) is 0 Å². The van der Waals surface area contributed by atoms with Crippen molar-refractivity contribution in [2.45, 2.75) is 10.0 Å². The van der Waals surface area contributed by atoms with E-state index in [-0.39, 0.29) is 0 Å². The number of rotatable bonds is 4. The number of hydrogen-bond donors (Lipinski definition) is 1.